The van der Waals surface area contributed by atoms with Crippen LogP contribution >= 0.6 is 23.4 Å². The van der Waals surface area contributed by atoms with Crippen molar-refractivity contribution in [3.63, 3.8) is 0 Å². The number of ether oxygens (including phenoxy) is 2. The van der Waals surface area contributed by atoms with Gasteiger partial charge in [-0.2, -0.15) is 11.8 Å². The van der Waals surface area contributed by atoms with Crippen molar-refractivity contribution in [3.05, 3.63) is 62.7 Å². The molecule has 0 N–H and O–H groups in total. The van der Waals surface area contributed by atoms with Gasteiger partial charge in [0, 0.05) is 23.4 Å². The van der Waals surface area contributed by atoms with E-state index in [-0.39, 0.29) is 18.1 Å². The number of nitro groups is 1. The topological polar surface area (TPSA) is 78.7 Å². The van der Waals surface area contributed by atoms with E-state index in [1.54, 1.807) is 43.0 Å². The highest BCUT2D eigenvalue weighted by molar-refractivity contribution is 7.99. The number of thioether (sulfide) groups is 1. The van der Waals surface area contributed by atoms with Crippen LogP contribution in [0, 0.1) is 10.1 Å². The second kappa shape index (κ2) is 10.3. The van der Waals surface area contributed by atoms with Crippen molar-refractivity contribution in [2.75, 3.05) is 6.61 Å². The van der Waals surface area contributed by atoms with Gasteiger partial charge in [-0.1, -0.05) is 31.5 Å². The monoisotopic (exact) mass is 423 g/mol. The van der Waals surface area contributed by atoms with E-state index in [1.807, 2.05) is 0 Å². The van der Waals surface area contributed by atoms with Crippen LogP contribution in [0.15, 0.2) is 36.4 Å². The first-order valence-electron chi connectivity index (χ1n) is 8.81. The van der Waals surface area contributed by atoms with Gasteiger partial charge in [-0.05, 0) is 35.9 Å². The minimum atomic E-state index is -0.430. The maximum Gasteiger partial charge on any atom is 0.310 e. The number of hydrogen-bond donors (Lipinski definition) is 0. The summed E-state index contributed by atoms with van der Waals surface area (Å²) >= 11 is 7.90. The van der Waals surface area contributed by atoms with E-state index in [2.05, 4.69) is 13.8 Å². The van der Waals surface area contributed by atoms with Gasteiger partial charge >= 0.3 is 5.97 Å². The molecule has 6 nitrogen and oxygen atoms in total. The summed E-state index contributed by atoms with van der Waals surface area (Å²) in [4.78, 5) is 22.4. The summed E-state index contributed by atoms with van der Waals surface area (Å²) in [5, 5.41) is 11.9. The Morgan fingerprint density at radius 2 is 1.96 bits per heavy atom. The fourth-order valence-corrected chi connectivity index (χ4v) is 3.28. The van der Waals surface area contributed by atoms with E-state index in [0.717, 1.165) is 0 Å². The first kappa shape index (κ1) is 22.0. The summed E-state index contributed by atoms with van der Waals surface area (Å²) in [7, 11) is 0. The number of hydrogen-bond acceptors (Lipinski definition) is 6. The highest BCUT2D eigenvalue weighted by Gasteiger charge is 2.15. The predicted molar refractivity (Wildman–Crippen MR) is 111 cm³/mol. The first-order chi connectivity index (χ1) is 13.3. The number of halogens is 1. The largest absolute Gasteiger partial charge is 0.466 e. The highest BCUT2D eigenvalue weighted by atomic mass is 35.5. The normalized spacial score (nSPS) is 10.8. The molecule has 2 aromatic rings. The van der Waals surface area contributed by atoms with Gasteiger partial charge in [0.05, 0.1) is 23.0 Å². The number of carbonyl (C=O) groups excluding carboxylic acids is 1. The van der Waals surface area contributed by atoms with Crippen molar-refractivity contribution < 1.29 is 19.2 Å². The van der Waals surface area contributed by atoms with E-state index in [0.29, 0.717) is 45.3 Å². The van der Waals surface area contributed by atoms with Crippen LogP contribution in [0.25, 0.3) is 0 Å². The van der Waals surface area contributed by atoms with E-state index in [1.165, 1.54) is 12.1 Å². The van der Waals surface area contributed by atoms with Crippen molar-refractivity contribution in [1.29, 1.82) is 0 Å². The minimum absolute atomic E-state index is 0.00821. The first-order valence-corrected chi connectivity index (χ1v) is 10.2. The lowest BCUT2D eigenvalue weighted by molar-refractivity contribution is -0.384. The molecular formula is C20H22ClNO5S. The van der Waals surface area contributed by atoms with Crippen LogP contribution in [-0.2, 0) is 21.7 Å². The van der Waals surface area contributed by atoms with Crippen molar-refractivity contribution in [3.8, 4) is 11.5 Å². The average molecular weight is 424 g/mol. The molecule has 0 unspecified atom stereocenters. The van der Waals surface area contributed by atoms with Gasteiger partial charge in [0.2, 0.25) is 0 Å². The number of esters is 1. The van der Waals surface area contributed by atoms with Gasteiger partial charge in [-0.25, -0.2) is 0 Å². The number of nitro benzene ring substituents is 1. The summed E-state index contributed by atoms with van der Waals surface area (Å²) < 4.78 is 10.9. The predicted octanol–water partition coefficient (Wildman–Crippen LogP) is 5.79. The van der Waals surface area contributed by atoms with Crippen LogP contribution in [0.5, 0.6) is 11.5 Å². The summed E-state index contributed by atoms with van der Waals surface area (Å²) in [6, 6.07) is 9.55. The van der Waals surface area contributed by atoms with Gasteiger partial charge in [-0.15, -0.1) is 0 Å². The van der Waals surface area contributed by atoms with Crippen LogP contribution in [0.2, 0.25) is 5.02 Å². The van der Waals surface area contributed by atoms with Gasteiger partial charge in [0.1, 0.15) is 11.5 Å². The van der Waals surface area contributed by atoms with Gasteiger partial charge in [-0.3, -0.25) is 14.9 Å². The quantitative estimate of drug-likeness (QED) is 0.288. The van der Waals surface area contributed by atoms with E-state index in [9.17, 15) is 14.9 Å². The van der Waals surface area contributed by atoms with E-state index < -0.39 is 4.92 Å². The van der Waals surface area contributed by atoms with Crippen LogP contribution in [-0.4, -0.2) is 22.7 Å². The minimum Gasteiger partial charge on any atom is -0.466 e. The molecule has 0 heterocycles. The maximum absolute atomic E-state index is 11.7. The van der Waals surface area contributed by atoms with Crippen molar-refractivity contribution in [1.82, 2.24) is 0 Å². The Morgan fingerprint density at radius 1 is 1.21 bits per heavy atom. The Kier molecular flexibility index (Phi) is 8.14. The molecule has 0 aliphatic rings. The Morgan fingerprint density at radius 3 is 2.61 bits per heavy atom. The highest BCUT2D eigenvalue weighted by Crippen LogP contribution is 2.35. The van der Waals surface area contributed by atoms with Crippen LogP contribution < -0.4 is 4.74 Å². The Bertz CT molecular complexity index is 856. The molecule has 150 valence electrons. The van der Waals surface area contributed by atoms with Crippen molar-refractivity contribution in [2.24, 2.45) is 0 Å². The Balaban J connectivity index is 2.30. The maximum atomic E-state index is 11.7. The standard InChI is InChI=1S/C20H22ClNO5S/c1-4-26-20(23)10-14-5-7-17(21)19(9-14)27-18-8-6-16(22(24)25)11-15(18)12-28-13(2)3/h5-9,11,13H,4,10,12H2,1-3H3. The summed E-state index contributed by atoms with van der Waals surface area (Å²) in [5.74, 6) is 1.11. The lowest BCUT2D eigenvalue weighted by atomic mass is 10.1. The lowest BCUT2D eigenvalue weighted by Gasteiger charge is -2.14. The Hall–Kier alpha value is -2.25. The average Bonchev–Trinajstić information content (AvgIpc) is 2.63. The molecule has 8 heteroatoms. The summed E-state index contributed by atoms with van der Waals surface area (Å²) in [6.45, 7) is 6.17. The number of rotatable bonds is 9. The fourth-order valence-electron chi connectivity index (χ4n) is 2.38. The second-order valence-electron chi connectivity index (χ2n) is 6.26. The van der Waals surface area contributed by atoms with Crippen LogP contribution in [0.1, 0.15) is 31.9 Å². The molecule has 0 saturated heterocycles. The summed E-state index contributed by atoms with van der Waals surface area (Å²) in [6.07, 6.45) is 0.109. The molecule has 0 bridgehead atoms. The molecular weight excluding hydrogens is 402 g/mol. The molecule has 0 aromatic heterocycles. The smallest absolute Gasteiger partial charge is 0.310 e. The molecule has 0 amide bonds. The number of carbonyl (C=O) groups is 1. The third kappa shape index (κ3) is 6.42. The third-order valence-corrected chi connectivity index (χ3v) is 5.15. The lowest BCUT2D eigenvalue weighted by Crippen LogP contribution is -2.07. The zero-order valence-electron chi connectivity index (χ0n) is 15.9. The zero-order valence-corrected chi connectivity index (χ0v) is 17.5. The molecule has 0 spiro atoms. The van der Waals surface area contributed by atoms with Gasteiger partial charge in [0.25, 0.3) is 5.69 Å². The number of nitrogens with zero attached hydrogens (tertiary/aromatic N) is 1. The fraction of sp³-hybridized carbons (Fsp3) is 0.350. The van der Waals surface area contributed by atoms with Gasteiger partial charge in [0.15, 0.2) is 0 Å². The molecule has 0 aliphatic heterocycles. The van der Waals surface area contributed by atoms with E-state index in [4.69, 9.17) is 21.1 Å². The van der Waals surface area contributed by atoms with Crippen molar-refractivity contribution >= 4 is 35.0 Å². The SMILES string of the molecule is CCOC(=O)Cc1ccc(Cl)c(Oc2ccc([N+](=O)[O-])cc2CSC(C)C)c1. The number of benzene rings is 2. The van der Waals surface area contributed by atoms with Crippen molar-refractivity contribution in [2.45, 2.75) is 38.2 Å². The molecule has 0 atom stereocenters. The second-order valence-corrected chi connectivity index (χ2v) is 8.23. The molecule has 2 rings (SSSR count). The molecule has 28 heavy (non-hydrogen) atoms. The molecule has 0 fully saturated rings. The third-order valence-electron chi connectivity index (χ3n) is 3.70. The van der Waals surface area contributed by atoms with Crippen LogP contribution in [0.4, 0.5) is 5.69 Å². The molecule has 2 aromatic carbocycles. The molecule has 0 saturated carbocycles. The zero-order chi connectivity index (χ0) is 20.7. The number of non-ortho nitro benzene ring substituents is 1. The van der Waals surface area contributed by atoms with Crippen LogP contribution in [0.3, 0.4) is 0 Å². The van der Waals surface area contributed by atoms with Gasteiger partial charge < -0.3 is 9.47 Å². The Labute approximate surface area is 173 Å². The summed E-state index contributed by atoms with van der Waals surface area (Å²) in [5.41, 5.74) is 1.42. The van der Waals surface area contributed by atoms with E-state index >= 15 is 0 Å². The molecule has 0 aliphatic carbocycles. The molecule has 0 radical (unpaired) electrons.